The number of nitriles is 1. The molecule has 0 aliphatic rings. The van der Waals surface area contributed by atoms with Crippen molar-refractivity contribution in [3.8, 4) is 17.3 Å². The average Bonchev–Trinajstić information content (AvgIpc) is 2.89. The summed E-state index contributed by atoms with van der Waals surface area (Å²) >= 11 is 2.08. The lowest BCUT2D eigenvalue weighted by Crippen LogP contribution is -1.98. The summed E-state index contributed by atoms with van der Waals surface area (Å²) in [5.41, 5.74) is 2.80. The van der Waals surface area contributed by atoms with Crippen molar-refractivity contribution < 1.29 is 0 Å². The van der Waals surface area contributed by atoms with Crippen LogP contribution >= 0.6 is 22.6 Å². The Morgan fingerprint density at radius 2 is 2.20 bits per heavy atom. The molecule has 1 aromatic carbocycles. The molecule has 0 saturated heterocycles. The van der Waals surface area contributed by atoms with Gasteiger partial charge in [-0.25, -0.2) is 9.50 Å². The number of nitrogens with zero attached hydrogens (tertiary/aromatic N) is 5. The summed E-state index contributed by atoms with van der Waals surface area (Å²) in [6.45, 7) is 0. The second kappa shape index (κ2) is 4.97. The maximum atomic E-state index is 10.6. The SMILES string of the molecule is N#Cc1cnn2c(-c3cccc(N=O)c3)cc(I)nc12. The van der Waals surface area contributed by atoms with Crippen molar-refractivity contribution in [1.29, 1.82) is 5.26 Å². The third kappa shape index (κ3) is 2.04. The van der Waals surface area contributed by atoms with Gasteiger partial charge in [0.15, 0.2) is 5.65 Å². The van der Waals surface area contributed by atoms with Crippen molar-refractivity contribution in [2.75, 3.05) is 0 Å². The van der Waals surface area contributed by atoms with Crippen LogP contribution in [0.1, 0.15) is 5.56 Å². The molecule has 0 aliphatic carbocycles. The van der Waals surface area contributed by atoms with E-state index in [0.29, 0.717) is 16.9 Å². The molecule has 20 heavy (non-hydrogen) atoms. The van der Waals surface area contributed by atoms with Gasteiger partial charge in [-0.05, 0) is 46.0 Å². The molecule has 0 atom stereocenters. The van der Waals surface area contributed by atoms with E-state index in [4.69, 9.17) is 5.26 Å². The number of hydrogen-bond acceptors (Lipinski definition) is 5. The summed E-state index contributed by atoms with van der Waals surface area (Å²) in [5.74, 6) is 0. The number of fused-ring (bicyclic) bond motifs is 1. The molecular weight excluding hydrogens is 369 g/mol. The van der Waals surface area contributed by atoms with E-state index in [-0.39, 0.29) is 0 Å². The highest BCUT2D eigenvalue weighted by Gasteiger charge is 2.12. The predicted octanol–water partition coefficient (Wildman–Crippen LogP) is 3.27. The van der Waals surface area contributed by atoms with E-state index in [0.717, 1.165) is 15.0 Å². The number of nitroso groups, excluding NO2 is 1. The first kappa shape index (κ1) is 12.7. The van der Waals surface area contributed by atoms with Crippen LogP contribution in [0.25, 0.3) is 16.9 Å². The molecular formula is C13H6IN5O. The molecule has 0 bridgehead atoms. The lowest BCUT2D eigenvalue weighted by Gasteiger charge is -2.06. The van der Waals surface area contributed by atoms with Gasteiger partial charge < -0.3 is 0 Å². The smallest absolute Gasteiger partial charge is 0.174 e. The summed E-state index contributed by atoms with van der Waals surface area (Å²) in [5, 5.41) is 16.2. The summed E-state index contributed by atoms with van der Waals surface area (Å²) in [6.07, 6.45) is 1.48. The number of rotatable bonds is 2. The van der Waals surface area contributed by atoms with Gasteiger partial charge >= 0.3 is 0 Å². The fourth-order valence-corrected chi connectivity index (χ4v) is 2.46. The van der Waals surface area contributed by atoms with Crippen molar-refractivity contribution in [2.24, 2.45) is 5.18 Å². The Morgan fingerprint density at radius 1 is 1.35 bits per heavy atom. The Kier molecular flexibility index (Phi) is 3.15. The summed E-state index contributed by atoms with van der Waals surface area (Å²) in [4.78, 5) is 15.0. The first-order valence-electron chi connectivity index (χ1n) is 5.61. The zero-order valence-electron chi connectivity index (χ0n) is 9.99. The zero-order chi connectivity index (χ0) is 14.1. The van der Waals surface area contributed by atoms with Gasteiger partial charge in [-0.15, -0.1) is 4.91 Å². The van der Waals surface area contributed by atoms with E-state index in [1.165, 1.54) is 6.20 Å². The van der Waals surface area contributed by atoms with Gasteiger partial charge in [0.25, 0.3) is 0 Å². The largest absolute Gasteiger partial charge is 0.221 e. The molecule has 0 aliphatic heterocycles. The minimum Gasteiger partial charge on any atom is -0.221 e. The summed E-state index contributed by atoms with van der Waals surface area (Å²) < 4.78 is 2.33. The van der Waals surface area contributed by atoms with Crippen molar-refractivity contribution in [1.82, 2.24) is 14.6 Å². The van der Waals surface area contributed by atoms with E-state index in [1.54, 1.807) is 22.7 Å². The molecule has 0 saturated carbocycles. The monoisotopic (exact) mass is 375 g/mol. The molecule has 0 amide bonds. The van der Waals surface area contributed by atoms with Crippen molar-refractivity contribution >= 4 is 33.9 Å². The highest BCUT2D eigenvalue weighted by atomic mass is 127. The molecule has 2 heterocycles. The van der Waals surface area contributed by atoms with Crippen LogP contribution in [-0.4, -0.2) is 14.6 Å². The van der Waals surface area contributed by atoms with E-state index in [2.05, 4.69) is 43.9 Å². The lowest BCUT2D eigenvalue weighted by atomic mass is 10.1. The van der Waals surface area contributed by atoms with Gasteiger partial charge in [0.2, 0.25) is 0 Å². The highest BCUT2D eigenvalue weighted by Crippen LogP contribution is 2.26. The van der Waals surface area contributed by atoms with Crippen LogP contribution in [-0.2, 0) is 0 Å². The minimum absolute atomic E-state index is 0.343. The molecule has 0 N–H and O–H groups in total. The van der Waals surface area contributed by atoms with E-state index in [9.17, 15) is 4.91 Å². The Morgan fingerprint density at radius 3 is 2.95 bits per heavy atom. The quantitative estimate of drug-likeness (QED) is 0.391. The van der Waals surface area contributed by atoms with Crippen LogP contribution in [0.2, 0.25) is 0 Å². The minimum atomic E-state index is 0.343. The van der Waals surface area contributed by atoms with Crippen LogP contribution in [0.3, 0.4) is 0 Å². The molecule has 2 aromatic heterocycles. The first-order valence-corrected chi connectivity index (χ1v) is 6.69. The summed E-state index contributed by atoms with van der Waals surface area (Å²) in [6, 6.07) is 10.8. The fraction of sp³-hybridized carbons (Fsp3) is 0. The molecule has 3 aromatic rings. The molecule has 96 valence electrons. The fourth-order valence-electron chi connectivity index (χ4n) is 1.94. The van der Waals surface area contributed by atoms with Gasteiger partial charge in [0.05, 0.1) is 11.9 Å². The van der Waals surface area contributed by atoms with Crippen LogP contribution in [0.5, 0.6) is 0 Å². The van der Waals surface area contributed by atoms with Crippen LogP contribution in [0, 0.1) is 19.9 Å². The Hall–Kier alpha value is -2.34. The van der Waals surface area contributed by atoms with Crippen molar-refractivity contribution in [3.05, 3.63) is 50.7 Å². The average molecular weight is 375 g/mol. The van der Waals surface area contributed by atoms with Crippen molar-refractivity contribution in [2.45, 2.75) is 0 Å². The number of aromatic nitrogens is 3. The Balaban J connectivity index is 2.33. The molecule has 3 rings (SSSR count). The lowest BCUT2D eigenvalue weighted by molar-refractivity contribution is 0.942. The second-order valence-corrected chi connectivity index (χ2v) is 5.12. The van der Waals surface area contributed by atoms with E-state index < -0.39 is 0 Å². The van der Waals surface area contributed by atoms with Gasteiger partial charge in [0, 0.05) is 5.56 Å². The second-order valence-electron chi connectivity index (χ2n) is 4.01. The van der Waals surface area contributed by atoms with Gasteiger partial charge in [-0.1, -0.05) is 12.1 Å². The van der Waals surface area contributed by atoms with Crippen molar-refractivity contribution in [3.63, 3.8) is 0 Å². The predicted molar refractivity (Wildman–Crippen MR) is 81.3 cm³/mol. The Bertz CT molecular complexity index is 865. The third-order valence-electron chi connectivity index (χ3n) is 2.81. The molecule has 0 radical (unpaired) electrons. The van der Waals surface area contributed by atoms with E-state index >= 15 is 0 Å². The summed E-state index contributed by atoms with van der Waals surface area (Å²) in [7, 11) is 0. The highest BCUT2D eigenvalue weighted by molar-refractivity contribution is 14.1. The van der Waals surface area contributed by atoms with E-state index in [1.807, 2.05) is 12.1 Å². The van der Waals surface area contributed by atoms with Crippen LogP contribution < -0.4 is 0 Å². The maximum absolute atomic E-state index is 10.6. The molecule has 6 nitrogen and oxygen atoms in total. The Labute approximate surface area is 127 Å². The molecule has 0 spiro atoms. The normalized spacial score (nSPS) is 10.4. The number of hydrogen-bond donors (Lipinski definition) is 0. The molecule has 0 fully saturated rings. The molecule has 7 heteroatoms. The van der Waals surface area contributed by atoms with Gasteiger partial charge in [-0.3, -0.25) is 0 Å². The molecule has 0 unspecified atom stereocenters. The van der Waals surface area contributed by atoms with Gasteiger partial charge in [0.1, 0.15) is 21.0 Å². The maximum Gasteiger partial charge on any atom is 0.174 e. The standard InChI is InChI=1S/C13H6IN5O/c14-12-5-11(8-2-1-3-10(4-8)18-20)19-13(17-12)9(6-15)7-16-19/h1-5,7H. The first-order chi connectivity index (χ1) is 9.72. The topological polar surface area (TPSA) is 83.4 Å². The number of halogens is 1. The van der Waals surface area contributed by atoms with Gasteiger partial charge in [-0.2, -0.15) is 10.4 Å². The van der Waals surface area contributed by atoms with Crippen LogP contribution in [0.4, 0.5) is 5.69 Å². The third-order valence-corrected chi connectivity index (χ3v) is 3.36. The van der Waals surface area contributed by atoms with Crippen LogP contribution in [0.15, 0.2) is 41.7 Å². The number of benzene rings is 1. The zero-order valence-corrected chi connectivity index (χ0v) is 12.1.